The first-order valence-electron chi connectivity index (χ1n) is 9.13. The summed E-state index contributed by atoms with van der Waals surface area (Å²) in [5, 5.41) is 6.62. The largest absolute Gasteiger partial charge is 0.379 e. The number of benzene rings is 1. The lowest BCUT2D eigenvalue weighted by Crippen LogP contribution is -2.44. The Kier molecular flexibility index (Phi) is 12.6. The van der Waals surface area contributed by atoms with Gasteiger partial charge in [-0.05, 0) is 25.8 Å². The molecule has 1 aliphatic heterocycles. The predicted octanol–water partition coefficient (Wildman–Crippen LogP) is 2.57. The van der Waals surface area contributed by atoms with Gasteiger partial charge in [0.2, 0.25) is 0 Å². The summed E-state index contributed by atoms with van der Waals surface area (Å²) in [5.41, 5.74) is 1.18. The highest BCUT2D eigenvalue weighted by Gasteiger charge is 2.17. The number of hydrogen-bond acceptors (Lipinski definition) is 4. The van der Waals surface area contributed by atoms with Crippen LogP contribution in [0, 0.1) is 0 Å². The third kappa shape index (κ3) is 9.70. The van der Waals surface area contributed by atoms with E-state index in [1.807, 2.05) is 18.2 Å². The van der Waals surface area contributed by atoms with E-state index in [0.29, 0.717) is 33.0 Å². The Morgan fingerprint density at radius 1 is 1.35 bits per heavy atom. The van der Waals surface area contributed by atoms with E-state index in [4.69, 9.17) is 14.2 Å². The van der Waals surface area contributed by atoms with Gasteiger partial charge in [0, 0.05) is 19.2 Å². The van der Waals surface area contributed by atoms with Gasteiger partial charge in [0.1, 0.15) is 0 Å². The van der Waals surface area contributed by atoms with Gasteiger partial charge in [0.05, 0.1) is 39.1 Å². The summed E-state index contributed by atoms with van der Waals surface area (Å²) in [5.74, 6) is 0.796. The monoisotopic (exact) mass is 477 g/mol. The van der Waals surface area contributed by atoms with Crippen molar-refractivity contribution >= 4 is 29.9 Å². The van der Waals surface area contributed by atoms with Crippen molar-refractivity contribution in [3.8, 4) is 0 Å². The van der Waals surface area contributed by atoms with Crippen LogP contribution in [0.2, 0.25) is 0 Å². The van der Waals surface area contributed by atoms with Crippen LogP contribution in [0.3, 0.4) is 0 Å². The SMILES string of the molecule is CCNC(=NCCOCc1ccccc1)NC(C)COC1CCOC1.I. The summed E-state index contributed by atoms with van der Waals surface area (Å²) >= 11 is 0. The lowest BCUT2D eigenvalue weighted by molar-refractivity contribution is 0.0347. The van der Waals surface area contributed by atoms with Gasteiger partial charge < -0.3 is 24.8 Å². The Hall–Kier alpha value is -0.900. The average molecular weight is 477 g/mol. The molecule has 1 aliphatic rings. The van der Waals surface area contributed by atoms with E-state index < -0.39 is 0 Å². The molecule has 1 saturated heterocycles. The van der Waals surface area contributed by atoms with E-state index in [9.17, 15) is 0 Å². The molecule has 0 saturated carbocycles. The van der Waals surface area contributed by atoms with Crippen molar-refractivity contribution < 1.29 is 14.2 Å². The lowest BCUT2D eigenvalue weighted by atomic mass is 10.2. The molecule has 7 heteroatoms. The molecule has 148 valence electrons. The van der Waals surface area contributed by atoms with Gasteiger partial charge >= 0.3 is 0 Å². The topological polar surface area (TPSA) is 64.1 Å². The van der Waals surface area contributed by atoms with E-state index in [1.54, 1.807) is 0 Å². The van der Waals surface area contributed by atoms with Gasteiger partial charge in [0.15, 0.2) is 5.96 Å². The number of guanidine groups is 1. The smallest absolute Gasteiger partial charge is 0.191 e. The molecule has 0 aromatic heterocycles. The second-order valence-electron chi connectivity index (χ2n) is 6.16. The maximum atomic E-state index is 5.84. The quantitative estimate of drug-likeness (QED) is 0.235. The Labute approximate surface area is 174 Å². The molecule has 1 fully saturated rings. The average Bonchev–Trinajstić information content (AvgIpc) is 3.14. The van der Waals surface area contributed by atoms with Crippen LogP contribution in [0.1, 0.15) is 25.8 Å². The Balaban J connectivity index is 0.00000338. The van der Waals surface area contributed by atoms with Gasteiger partial charge in [-0.1, -0.05) is 30.3 Å². The zero-order chi connectivity index (χ0) is 17.7. The first-order valence-corrected chi connectivity index (χ1v) is 9.13. The Bertz CT molecular complexity index is 496. The van der Waals surface area contributed by atoms with Crippen molar-refractivity contribution in [3.05, 3.63) is 35.9 Å². The highest BCUT2D eigenvalue weighted by Crippen LogP contribution is 2.08. The van der Waals surface area contributed by atoms with E-state index >= 15 is 0 Å². The molecule has 0 spiro atoms. The Morgan fingerprint density at radius 2 is 2.15 bits per heavy atom. The van der Waals surface area contributed by atoms with Gasteiger partial charge in [-0.25, -0.2) is 0 Å². The first kappa shape index (κ1) is 23.1. The number of hydrogen-bond donors (Lipinski definition) is 2. The summed E-state index contributed by atoms with van der Waals surface area (Å²) in [4.78, 5) is 4.55. The fourth-order valence-electron chi connectivity index (χ4n) is 2.51. The highest BCUT2D eigenvalue weighted by atomic mass is 127. The van der Waals surface area contributed by atoms with Gasteiger partial charge in [-0.2, -0.15) is 0 Å². The molecule has 1 heterocycles. The molecule has 2 atom stereocenters. The van der Waals surface area contributed by atoms with E-state index in [-0.39, 0.29) is 36.1 Å². The van der Waals surface area contributed by atoms with Crippen LogP contribution in [0.5, 0.6) is 0 Å². The number of aliphatic imine (C=N–C) groups is 1. The summed E-state index contributed by atoms with van der Waals surface area (Å²) < 4.78 is 16.8. The van der Waals surface area contributed by atoms with E-state index in [0.717, 1.165) is 25.5 Å². The van der Waals surface area contributed by atoms with E-state index in [2.05, 4.69) is 41.6 Å². The number of rotatable bonds is 10. The fourth-order valence-corrected chi connectivity index (χ4v) is 2.51. The third-order valence-electron chi connectivity index (χ3n) is 3.81. The molecule has 1 aromatic carbocycles. The van der Waals surface area contributed by atoms with Crippen LogP contribution < -0.4 is 10.6 Å². The van der Waals surface area contributed by atoms with Crippen LogP contribution >= 0.6 is 24.0 Å². The van der Waals surface area contributed by atoms with Gasteiger partial charge in [-0.3, -0.25) is 4.99 Å². The van der Waals surface area contributed by atoms with Gasteiger partial charge in [0.25, 0.3) is 0 Å². The number of halogens is 1. The maximum Gasteiger partial charge on any atom is 0.191 e. The molecule has 1 aromatic rings. The maximum absolute atomic E-state index is 5.84. The molecule has 6 nitrogen and oxygen atoms in total. The molecular formula is C19H32IN3O3. The summed E-state index contributed by atoms with van der Waals surface area (Å²) in [6.07, 6.45) is 1.22. The molecule has 0 radical (unpaired) electrons. The molecule has 2 rings (SSSR count). The molecule has 0 bridgehead atoms. The lowest BCUT2D eigenvalue weighted by Gasteiger charge is -2.19. The molecular weight excluding hydrogens is 445 g/mol. The second kappa shape index (κ2) is 14.2. The van der Waals surface area contributed by atoms with Crippen LogP contribution in [-0.2, 0) is 20.8 Å². The summed E-state index contributed by atoms with van der Waals surface area (Å²) in [6, 6.07) is 10.4. The van der Waals surface area contributed by atoms with Crippen molar-refractivity contribution in [1.29, 1.82) is 0 Å². The minimum Gasteiger partial charge on any atom is -0.379 e. The molecule has 2 unspecified atom stereocenters. The molecule has 26 heavy (non-hydrogen) atoms. The van der Waals surface area contributed by atoms with Crippen molar-refractivity contribution in [3.63, 3.8) is 0 Å². The number of ether oxygens (including phenoxy) is 3. The zero-order valence-electron chi connectivity index (χ0n) is 15.8. The van der Waals surface area contributed by atoms with Crippen LogP contribution in [0.15, 0.2) is 35.3 Å². The minimum atomic E-state index is 0. The Morgan fingerprint density at radius 3 is 2.85 bits per heavy atom. The predicted molar refractivity (Wildman–Crippen MR) is 115 cm³/mol. The fraction of sp³-hybridized carbons (Fsp3) is 0.632. The first-order chi connectivity index (χ1) is 12.3. The van der Waals surface area contributed by atoms with Gasteiger partial charge in [-0.15, -0.1) is 24.0 Å². The van der Waals surface area contributed by atoms with E-state index in [1.165, 1.54) is 5.56 Å². The molecule has 2 N–H and O–H groups in total. The van der Waals surface area contributed by atoms with Crippen molar-refractivity contribution in [2.24, 2.45) is 4.99 Å². The summed E-state index contributed by atoms with van der Waals surface area (Å²) in [7, 11) is 0. The normalized spacial score (nSPS) is 18.2. The minimum absolute atomic E-state index is 0. The van der Waals surface area contributed by atoms with Crippen molar-refractivity contribution in [2.75, 3.05) is 39.5 Å². The third-order valence-corrected chi connectivity index (χ3v) is 3.81. The highest BCUT2D eigenvalue weighted by molar-refractivity contribution is 14.0. The second-order valence-corrected chi connectivity index (χ2v) is 6.16. The standard InChI is InChI=1S/C19H31N3O3.HI/c1-3-20-19(22-16(2)13-25-18-9-11-23-15-18)21-10-12-24-14-17-7-5-4-6-8-17;/h4-8,16,18H,3,9-15H2,1-2H3,(H2,20,21,22);1H. The van der Waals surface area contributed by atoms with Crippen LogP contribution in [0.25, 0.3) is 0 Å². The van der Waals surface area contributed by atoms with Crippen LogP contribution in [0.4, 0.5) is 0 Å². The molecule has 0 aliphatic carbocycles. The summed E-state index contributed by atoms with van der Waals surface area (Å²) in [6.45, 7) is 8.95. The number of nitrogens with one attached hydrogen (secondary N) is 2. The van der Waals surface area contributed by atoms with Crippen LogP contribution in [-0.4, -0.2) is 57.6 Å². The number of nitrogens with zero attached hydrogens (tertiary/aromatic N) is 1. The van der Waals surface area contributed by atoms with Crippen molar-refractivity contribution in [2.45, 2.75) is 39.0 Å². The molecule has 0 amide bonds. The van der Waals surface area contributed by atoms with Crippen molar-refractivity contribution in [1.82, 2.24) is 10.6 Å². The zero-order valence-corrected chi connectivity index (χ0v) is 18.1.